The van der Waals surface area contributed by atoms with Crippen LogP contribution >= 0.6 is 23.2 Å². The summed E-state index contributed by atoms with van der Waals surface area (Å²) in [5, 5.41) is 12.1. The molecule has 0 atom stereocenters. The summed E-state index contributed by atoms with van der Waals surface area (Å²) in [6.07, 6.45) is 0. The lowest BCUT2D eigenvalue weighted by Gasteiger charge is -2.08. The third kappa shape index (κ3) is 3.16. The van der Waals surface area contributed by atoms with Crippen LogP contribution in [0.25, 0.3) is 0 Å². The van der Waals surface area contributed by atoms with Gasteiger partial charge in [0.15, 0.2) is 0 Å². The van der Waals surface area contributed by atoms with E-state index in [1.807, 2.05) is 0 Å². The number of aromatic hydroxyl groups is 1. The Labute approximate surface area is 118 Å². The Morgan fingerprint density at radius 1 is 1.11 bits per heavy atom. The van der Waals surface area contributed by atoms with Crippen LogP contribution in [0.5, 0.6) is 5.75 Å². The molecule has 0 unspecified atom stereocenters. The molecule has 0 aliphatic heterocycles. The van der Waals surface area contributed by atoms with Crippen molar-refractivity contribution in [3.8, 4) is 5.75 Å². The summed E-state index contributed by atoms with van der Waals surface area (Å²) in [4.78, 5) is 12.0. The van der Waals surface area contributed by atoms with Gasteiger partial charge < -0.3 is 10.4 Å². The second kappa shape index (κ2) is 5.47. The molecule has 6 heteroatoms. The lowest BCUT2D eigenvalue weighted by Crippen LogP contribution is -2.12. The van der Waals surface area contributed by atoms with Gasteiger partial charge in [-0.3, -0.25) is 4.79 Å². The van der Waals surface area contributed by atoms with Crippen LogP contribution in [0.4, 0.5) is 10.1 Å². The minimum absolute atomic E-state index is 0.0713. The topological polar surface area (TPSA) is 49.3 Å². The molecule has 2 aromatic carbocycles. The lowest BCUT2D eigenvalue weighted by molar-refractivity contribution is 0.102. The normalized spacial score (nSPS) is 10.3. The molecule has 0 radical (unpaired) electrons. The van der Waals surface area contributed by atoms with E-state index < -0.39 is 11.7 Å². The number of carbonyl (C=O) groups excluding carboxylic acids is 1. The summed E-state index contributed by atoms with van der Waals surface area (Å²) >= 11 is 11.7. The number of benzene rings is 2. The SMILES string of the molecule is O=C(Nc1cc(F)ccc1Cl)c1cc(O)ccc1Cl. The van der Waals surface area contributed by atoms with Crippen molar-refractivity contribution in [3.05, 3.63) is 57.8 Å². The van der Waals surface area contributed by atoms with Gasteiger partial charge in [0.1, 0.15) is 11.6 Å². The molecule has 0 fully saturated rings. The van der Waals surface area contributed by atoms with Gasteiger partial charge >= 0.3 is 0 Å². The molecule has 0 saturated heterocycles. The number of amides is 1. The molecule has 2 N–H and O–H groups in total. The van der Waals surface area contributed by atoms with E-state index in [4.69, 9.17) is 23.2 Å². The Morgan fingerprint density at radius 2 is 1.79 bits per heavy atom. The van der Waals surface area contributed by atoms with Crippen LogP contribution in [0, 0.1) is 5.82 Å². The first-order valence-corrected chi connectivity index (χ1v) is 5.98. The van der Waals surface area contributed by atoms with E-state index in [-0.39, 0.29) is 27.0 Å². The van der Waals surface area contributed by atoms with E-state index in [1.165, 1.54) is 30.3 Å². The van der Waals surface area contributed by atoms with E-state index in [1.54, 1.807) is 0 Å². The zero-order valence-corrected chi connectivity index (χ0v) is 11.0. The Bertz CT molecular complexity index is 647. The molecule has 0 spiro atoms. The molecule has 0 aliphatic carbocycles. The van der Waals surface area contributed by atoms with E-state index in [2.05, 4.69) is 5.32 Å². The molecule has 0 bridgehead atoms. The summed E-state index contributed by atoms with van der Waals surface area (Å²) in [6, 6.07) is 7.56. The maximum Gasteiger partial charge on any atom is 0.257 e. The van der Waals surface area contributed by atoms with Gasteiger partial charge in [0.2, 0.25) is 0 Å². The standard InChI is InChI=1S/C13H8Cl2FNO2/c14-10-4-2-8(18)6-9(10)13(19)17-12-5-7(16)1-3-11(12)15/h1-6,18H,(H,17,19). The molecule has 2 aromatic rings. The third-order valence-corrected chi connectivity index (χ3v) is 3.03. The highest BCUT2D eigenvalue weighted by molar-refractivity contribution is 6.36. The zero-order valence-electron chi connectivity index (χ0n) is 9.45. The maximum absolute atomic E-state index is 13.1. The number of halogens is 3. The van der Waals surface area contributed by atoms with Crippen LogP contribution in [0.15, 0.2) is 36.4 Å². The molecule has 2 rings (SSSR count). The number of rotatable bonds is 2. The van der Waals surface area contributed by atoms with E-state index in [0.29, 0.717) is 0 Å². The van der Waals surface area contributed by atoms with Crippen LogP contribution in [0.3, 0.4) is 0 Å². The van der Waals surface area contributed by atoms with Crippen LogP contribution < -0.4 is 5.32 Å². The summed E-state index contributed by atoms with van der Waals surface area (Å²) in [7, 11) is 0. The fourth-order valence-electron chi connectivity index (χ4n) is 1.47. The minimum atomic E-state index is -0.589. The first-order chi connectivity index (χ1) is 8.97. The smallest absolute Gasteiger partial charge is 0.257 e. The van der Waals surface area contributed by atoms with Gasteiger partial charge in [-0.15, -0.1) is 0 Å². The average Bonchev–Trinajstić information content (AvgIpc) is 2.36. The Kier molecular flexibility index (Phi) is 3.93. The monoisotopic (exact) mass is 299 g/mol. The largest absolute Gasteiger partial charge is 0.508 e. The van der Waals surface area contributed by atoms with Crippen LogP contribution in [0.1, 0.15) is 10.4 Å². The van der Waals surface area contributed by atoms with E-state index in [0.717, 1.165) is 6.07 Å². The molecular weight excluding hydrogens is 292 g/mol. The van der Waals surface area contributed by atoms with Gasteiger partial charge in [-0.2, -0.15) is 0 Å². The van der Waals surface area contributed by atoms with E-state index >= 15 is 0 Å². The van der Waals surface area contributed by atoms with Crippen molar-refractivity contribution in [1.82, 2.24) is 0 Å². The molecule has 0 aromatic heterocycles. The highest BCUT2D eigenvalue weighted by Crippen LogP contribution is 2.26. The average molecular weight is 300 g/mol. The van der Waals surface area contributed by atoms with Gasteiger partial charge in [0.25, 0.3) is 5.91 Å². The lowest BCUT2D eigenvalue weighted by atomic mass is 10.2. The number of phenols is 1. The Balaban J connectivity index is 2.30. The van der Waals surface area contributed by atoms with Crippen molar-refractivity contribution >= 4 is 34.8 Å². The molecule has 0 heterocycles. The number of phenolic OH excluding ortho intramolecular Hbond substituents is 1. The predicted molar refractivity (Wildman–Crippen MR) is 72.5 cm³/mol. The van der Waals surface area contributed by atoms with Crippen LogP contribution in [0.2, 0.25) is 10.0 Å². The fraction of sp³-hybridized carbons (Fsp3) is 0. The molecule has 1 amide bonds. The highest BCUT2D eigenvalue weighted by atomic mass is 35.5. The van der Waals surface area contributed by atoms with Crippen molar-refractivity contribution in [2.45, 2.75) is 0 Å². The van der Waals surface area contributed by atoms with Crippen LogP contribution in [-0.4, -0.2) is 11.0 Å². The Morgan fingerprint density at radius 3 is 2.53 bits per heavy atom. The maximum atomic E-state index is 13.1. The molecule has 0 saturated carbocycles. The van der Waals surface area contributed by atoms with Crippen molar-refractivity contribution in [1.29, 1.82) is 0 Å². The van der Waals surface area contributed by atoms with Gasteiger partial charge in [-0.05, 0) is 36.4 Å². The first kappa shape index (κ1) is 13.6. The van der Waals surface area contributed by atoms with Gasteiger partial charge in [-0.25, -0.2) is 4.39 Å². The number of anilines is 1. The zero-order chi connectivity index (χ0) is 14.0. The summed E-state index contributed by atoms with van der Waals surface area (Å²) in [5.74, 6) is -1.21. The van der Waals surface area contributed by atoms with Gasteiger partial charge in [0, 0.05) is 0 Å². The fourth-order valence-corrected chi connectivity index (χ4v) is 1.84. The molecular formula is C13H8Cl2FNO2. The molecule has 19 heavy (non-hydrogen) atoms. The van der Waals surface area contributed by atoms with Crippen molar-refractivity contribution in [2.24, 2.45) is 0 Å². The molecule has 0 aliphatic rings. The summed E-state index contributed by atoms with van der Waals surface area (Å²) in [5.41, 5.74) is 0.202. The van der Waals surface area contributed by atoms with Crippen molar-refractivity contribution in [3.63, 3.8) is 0 Å². The number of hydrogen-bond acceptors (Lipinski definition) is 2. The highest BCUT2D eigenvalue weighted by Gasteiger charge is 2.13. The van der Waals surface area contributed by atoms with Gasteiger partial charge in [-0.1, -0.05) is 23.2 Å². The second-order valence-electron chi connectivity index (χ2n) is 3.74. The predicted octanol–water partition coefficient (Wildman–Crippen LogP) is 4.09. The van der Waals surface area contributed by atoms with E-state index in [9.17, 15) is 14.3 Å². The molecule has 98 valence electrons. The number of nitrogens with one attached hydrogen (secondary N) is 1. The Hall–Kier alpha value is -1.78. The summed E-state index contributed by atoms with van der Waals surface area (Å²) in [6.45, 7) is 0. The van der Waals surface area contributed by atoms with Crippen molar-refractivity contribution in [2.75, 3.05) is 5.32 Å². The van der Waals surface area contributed by atoms with Crippen molar-refractivity contribution < 1.29 is 14.3 Å². The first-order valence-electron chi connectivity index (χ1n) is 5.22. The quantitative estimate of drug-likeness (QED) is 0.877. The second-order valence-corrected chi connectivity index (χ2v) is 4.56. The van der Waals surface area contributed by atoms with Gasteiger partial charge in [0.05, 0.1) is 21.3 Å². The van der Waals surface area contributed by atoms with Crippen LogP contribution in [-0.2, 0) is 0 Å². The number of carbonyl (C=O) groups is 1. The number of hydrogen-bond donors (Lipinski definition) is 2. The summed E-state index contributed by atoms with van der Waals surface area (Å²) < 4.78 is 13.1. The third-order valence-electron chi connectivity index (χ3n) is 2.37. The molecule has 3 nitrogen and oxygen atoms in total. The minimum Gasteiger partial charge on any atom is -0.508 e.